The maximum absolute atomic E-state index is 13.1. The molecule has 0 atom stereocenters. The third kappa shape index (κ3) is 4.25. The number of piperazine rings is 1. The van der Waals surface area contributed by atoms with Crippen LogP contribution in [0.5, 0.6) is 11.5 Å². The minimum atomic E-state index is -0.00277. The van der Waals surface area contributed by atoms with Crippen LogP contribution in [0.1, 0.15) is 15.9 Å². The number of hydrogen-bond donors (Lipinski definition) is 0. The predicted molar refractivity (Wildman–Crippen MR) is 113 cm³/mol. The van der Waals surface area contributed by atoms with Crippen molar-refractivity contribution < 1.29 is 14.3 Å². The zero-order chi connectivity index (χ0) is 20.1. The van der Waals surface area contributed by atoms with Gasteiger partial charge in [-0.3, -0.25) is 4.79 Å². The van der Waals surface area contributed by atoms with Gasteiger partial charge in [0.15, 0.2) is 11.5 Å². The molecule has 1 aliphatic rings. The monoisotopic (exact) mass is 400 g/mol. The van der Waals surface area contributed by atoms with E-state index in [2.05, 4.69) is 11.5 Å². The Morgan fingerprint density at radius 2 is 1.89 bits per heavy atom. The van der Waals surface area contributed by atoms with Crippen molar-refractivity contribution in [3.05, 3.63) is 65.2 Å². The van der Waals surface area contributed by atoms with Crippen LogP contribution < -0.4 is 14.4 Å². The molecule has 2 aromatic rings. The topological polar surface area (TPSA) is 42.0 Å². The van der Waals surface area contributed by atoms with Crippen molar-refractivity contribution >= 4 is 23.2 Å². The lowest BCUT2D eigenvalue weighted by Gasteiger charge is -2.36. The summed E-state index contributed by atoms with van der Waals surface area (Å²) in [6.45, 7) is 6.61. The molecule has 0 aromatic heterocycles. The average Bonchev–Trinajstić information content (AvgIpc) is 2.73. The van der Waals surface area contributed by atoms with E-state index in [0.29, 0.717) is 36.6 Å². The van der Waals surface area contributed by atoms with Crippen LogP contribution >= 0.6 is 11.6 Å². The number of allylic oxidation sites excluding steroid dienone is 1. The van der Waals surface area contributed by atoms with E-state index in [1.54, 1.807) is 26.4 Å². The number of hydrogen-bond acceptors (Lipinski definition) is 4. The SMILES string of the molecule is C=CCc1cc(C(=O)N2CCN(c3cccc(Cl)c3)CC2)cc(OC)c1OC. The number of carbonyl (C=O) groups excluding carboxylic acids is 1. The molecule has 1 heterocycles. The fraction of sp³-hybridized carbons (Fsp3) is 0.318. The number of rotatable bonds is 6. The minimum Gasteiger partial charge on any atom is -0.493 e. The summed E-state index contributed by atoms with van der Waals surface area (Å²) in [6.07, 6.45) is 2.39. The van der Waals surface area contributed by atoms with Crippen molar-refractivity contribution in [2.45, 2.75) is 6.42 Å². The molecule has 0 aliphatic carbocycles. The zero-order valence-corrected chi connectivity index (χ0v) is 17.0. The van der Waals surface area contributed by atoms with Crippen molar-refractivity contribution in [2.75, 3.05) is 45.3 Å². The number of methoxy groups -OCH3 is 2. The molecule has 1 aliphatic heterocycles. The van der Waals surface area contributed by atoms with E-state index in [4.69, 9.17) is 21.1 Å². The van der Waals surface area contributed by atoms with Crippen LogP contribution in [0.2, 0.25) is 5.02 Å². The lowest BCUT2D eigenvalue weighted by Crippen LogP contribution is -2.48. The molecule has 28 heavy (non-hydrogen) atoms. The van der Waals surface area contributed by atoms with E-state index in [1.807, 2.05) is 35.2 Å². The summed E-state index contributed by atoms with van der Waals surface area (Å²) in [5, 5.41) is 0.719. The van der Waals surface area contributed by atoms with Crippen molar-refractivity contribution in [1.82, 2.24) is 4.90 Å². The Balaban J connectivity index is 1.76. The highest BCUT2D eigenvalue weighted by Gasteiger charge is 2.24. The van der Waals surface area contributed by atoms with Gasteiger partial charge in [0.1, 0.15) is 0 Å². The lowest BCUT2D eigenvalue weighted by atomic mass is 10.0. The molecular weight excluding hydrogens is 376 g/mol. The molecule has 148 valence electrons. The van der Waals surface area contributed by atoms with Gasteiger partial charge in [0.2, 0.25) is 0 Å². The standard InChI is InChI=1S/C22H25ClN2O3/c1-4-6-16-13-17(14-20(27-2)21(16)28-3)22(26)25-11-9-24(10-12-25)19-8-5-7-18(23)15-19/h4-5,7-8,13-15H,1,6,9-12H2,2-3H3. The Morgan fingerprint density at radius 3 is 2.50 bits per heavy atom. The first-order chi connectivity index (χ1) is 13.6. The van der Waals surface area contributed by atoms with E-state index < -0.39 is 0 Å². The maximum atomic E-state index is 13.1. The van der Waals surface area contributed by atoms with Gasteiger partial charge in [-0.15, -0.1) is 6.58 Å². The van der Waals surface area contributed by atoms with Gasteiger partial charge in [-0.2, -0.15) is 0 Å². The van der Waals surface area contributed by atoms with Gasteiger partial charge in [0, 0.05) is 48.0 Å². The molecule has 3 rings (SSSR count). The highest BCUT2D eigenvalue weighted by molar-refractivity contribution is 6.30. The number of nitrogens with zero attached hydrogens (tertiary/aromatic N) is 2. The molecule has 1 saturated heterocycles. The Bertz CT molecular complexity index is 861. The highest BCUT2D eigenvalue weighted by atomic mass is 35.5. The number of carbonyl (C=O) groups is 1. The van der Waals surface area contributed by atoms with Gasteiger partial charge in [-0.1, -0.05) is 23.7 Å². The molecule has 0 saturated carbocycles. The van der Waals surface area contributed by atoms with Crippen molar-refractivity contribution in [3.8, 4) is 11.5 Å². The summed E-state index contributed by atoms with van der Waals surface area (Å²) in [4.78, 5) is 17.2. The summed E-state index contributed by atoms with van der Waals surface area (Å²) in [7, 11) is 3.18. The van der Waals surface area contributed by atoms with Gasteiger partial charge in [-0.25, -0.2) is 0 Å². The summed E-state index contributed by atoms with van der Waals surface area (Å²) in [6, 6.07) is 11.4. The van der Waals surface area contributed by atoms with E-state index in [0.717, 1.165) is 29.4 Å². The predicted octanol–water partition coefficient (Wildman–Crippen LogP) is 4.05. The summed E-state index contributed by atoms with van der Waals surface area (Å²) >= 11 is 6.10. The largest absolute Gasteiger partial charge is 0.493 e. The molecular formula is C22H25ClN2O3. The third-order valence-electron chi connectivity index (χ3n) is 4.91. The number of halogens is 1. The van der Waals surface area contributed by atoms with E-state index in [9.17, 15) is 4.79 Å². The van der Waals surface area contributed by atoms with Crippen molar-refractivity contribution in [1.29, 1.82) is 0 Å². The van der Waals surface area contributed by atoms with Crippen LogP contribution in [0.3, 0.4) is 0 Å². The summed E-state index contributed by atoms with van der Waals surface area (Å²) < 4.78 is 10.9. The molecule has 1 fully saturated rings. The second-order valence-corrected chi connectivity index (χ2v) is 7.06. The van der Waals surface area contributed by atoms with Crippen molar-refractivity contribution in [2.24, 2.45) is 0 Å². The number of ether oxygens (including phenoxy) is 2. The first-order valence-corrected chi connectivity index (χ1v) is 9.60. The quantitative estimate of drug-likeness (QED) is 0.686. The summed E-state index contributed by atoms with van der Waals surface area (Å²) in [5.41, 5.74) is 2.57. The van der Waals surface area contributed by atoms with Gasteiger partial charge < -0.3 is 19.3 Å². The molecule has 0 bridgehead atoms. The lowest BCUT2D eigenvalue weighted by molar-refractivity contribution is 0.0746. The average molecular weight is 401 g/mol. The first kappa shape index (κ1) is 20.1. The molecule has 0 unspecified atom stereocenters. The van der Waals surface area contributed by atoms with Crippen LogP contribution in [0.4, 0.5) is 5.69 Å². The van der Waals surface area contributed by atoms with Gasteiger partial charge in [-0.05, 0) is 36.8 Å². The molecule has 0 radical (unpaired) electrons. The minimum absolute atomic E-state index is 0.00277. The Labute approximate surface area is 171 Å². The number of anilines is 1. The van der Waals surface area contributed by atoms with Crippen LogP contribution in [-0.4, -0.2) is 51.2 Å². The fourth-order valence-electron chi connectivity index (χ4n) is 3.50. The van der Waals surface area contributed by atoms with Crippen LogP contribution in [0.25, 0.3) is 0 Å². The Hall–Kier alpha value is -2.66. The molecule has 2 aromatic carbocycles. The molecule has 0 N–H and O–H groups in total. The normalized spacial score (nSPS) is 14.0. The van der Waals surface area contributed by atoms with Gasteiger partial charge in [0.05, 0.1) is 14.2 Å². The number of amides is 1. The van der Waals surface area contributed by atoms with Crippen LogP contribution in [0.15, 0.2) is 49.1 Å². The Kier molecular flexibility index (Phi) is 6.47. The highest BCUT2D eigenvalue weighted by Crippen LogP contribution is 2.33. The smallest absolute Gasteiger partial charge is 0.254 e. The molecule has 5 nitrogen and oxygen atoms in total. The van der Waals surface area contributed by atoms with Crippen LogP contribution in [-0.2, 0) is 6.42 Å². The van der Waals surface area contributed by atoms with Gasteiger partial charge >= 0.3 is 0 Å². The molecule has 6 heteroatoms. The van der Waals surface area contributed by atoms with Crippen LogP contribution in [0, 0.1) is 0 Å². The number of benzene rings is 2. The van der Waals surface area contributed by atoms with E-state index in [-0.39, 0.29) is 5.91 Å². The van der Waals surface area contributed by atoms with E-state index >= 15 is 0 Å². The van der Waals surface area contributed by atoms with Gasteiger partial charge in [0.25, 0.3) is 5.91 Å². The maximum Gasteiger partial charge on any atom is 0.254 e. The summed E-state index contributed by atoms with van der Waals surface area (Å²) in [5.74, 6) is 1.20. The zero-order valence-electron chi connectivity index (χ0n) is 16.3. The molecule has 0 spiro atoms. The second-order valence-electron chi connectivity index (χ2n) is 6.62. The second kappa shape index (κ2) is 9.02. The first-order valence-electron chi connectivity index (χ1n) is 9.23. The molecule has 1 amide bonds. The Morgan fingerprint density at radius 1 is 1.14 bits per heavy atom. The fourth-order valence-corrected chi connectivity index (χ4v) is 3.68. The van der Waals surface area contributed by atoms with E-state index in [1.165, 1.54) is 0 Å². The van der Waals surface area contributed by atoms with Crippen molar-refractivity contribution in [3.63, 3.8) is 0 Å². The third-order valence-corrected chi connectivity index (χ3v) is 5.14.